The highest BCUT2D eigenvalue weighted by Gasteiger charge is 2.58. The minimum Gasteiger partial charge on any atom is -0.427 e. The summed E-state index contributed by atoms with van der Waals surface area (Å²) in [6.07, 6.45) is 4.56. The van der Waals surface area contributed by atoms with Crippen LogP contribution in [0.1, 0.15) is 42.0 Å². The number of amides is 4. The summed E-state index contributed by atoms with van der Waals surface area (Å²) in [6, 6.07) is 9.90. The lowest BCUT2D eigenvalue weighted by atomic mass is 9.93. The van der Waals surface area contributed by atoms with E-state index in [-0.39, 0.29) is 37.3 Å². The first-order valence-corrected chi connectivity index (χ1v) is 13.2. The summed E-state index contributed by atoms with van der Waals surface area (Å²) in [4.78, 5) is 53.8. The quantitative estimate of drug-likeness (QED) is 0.525. The number of carbonyl (C=O) groups excluding carboxylic acids is 4. The lowest BCUT2D eigenvalue weighted by Gasteiger charge is -2.28. The van der Waals surface area contributed by atoms with Crippen LogP contribution in [-0.2, 0) is 50.7 Å². The second kappa shape index (κ2) is 9.58. The molecule has 2 atom stereocenters. The molecule has 2 aliphatic heterocycles. The third kappa shape index (κ3) is 4.31. The number of carbonyl (C=O) groups is 4. The Morgan fingerprint density at radius 2 is 1.90 bits per heavy atom. The van der Waals surface area contributed by atoms with Gasteiger partial charge in [-0.1, -0.05) is 24.3 Å². The topological polar surface area (TPSA) is 128 Å². The van der Waals surface area contributed by atoms with Crippen LogP contribution in [0.5, 0.6) is 0 Å². The van der Waals surface area contributed by atoms with Crippen molar-refractivity contribution >= 4 is 23.8 Å². The molecule has 10 nitrogen and oxygen atoms in total. The molecule has 1 fully saturated rings. The van der Waals surface area contributed by atoms with E-state index >= 15 is 0 Å². The van der Waals surface area contributed by atoms with Crippen molar-refractivity contribution in [1.82, 2.24) is 19.6 Å². The molecule has 3 aliphatic rings. The minimum atomic E-state index is -1.46. The van der Waals surface area contributed by atoms with Gasteiger partial charge in [0.15, 0.2) is 0 Å². The number of hydrogen-bond donors (Lipinski definition) is 1. The normalized spacial score (nSPS) is 21.8. The molecule has 2 N–H and O–H groups in total. The van der Waals surface area contributed by atoms with E-state index < -0.39 is 30.1 Å². The highest BCUT2D eigenvalue weighted by atomic mass is 19.1. The summed E-state index contributed by atoms with van der Waals surface area (Å²) < 4.78 is 20.9. The molecule has 1 aliphatic carbocycles. The number of primary amides is 1. The Morgan fingerprint density at radius 1 is 1.07 bits per heavy atom. The average Bonchev–Trinajstić information content (AvgIpc) is 3.55. The number of halogens is 1. The van der Waals surface area contributed by atoms with E-state index in [1.807, 2.05) is 19.1 Å². The van der Waals surface area contributed by atoms with Crippen molar-refractivity contribution in [2.24, 2.45) is 5.73 Å². The van der Waals surface area contributed by atoms with Gasteiger partial charge >= 0.3 is 6.09 Å². The summed E-state index contributed by atoms with van der Waals surface area (Å²) in [5.74, 6) is -1.73. The summed E-state index contributed by atoms with van der Waals surface area (Å²) in [5.41, 5.74) is 8.58. The molecule has 1 saturated heterocycles. The Hall–Kier alpha value is -4.54. The van der Waals surface area contributed by atoms with Gasteiger partial charge in [-0.15, -0.1) is 0 Å². The number of nitrogens with zero attached hydrogens (tertiary/aromatic N) is 4. The fourth-order valence-electron chi connectivity index (χ4n) is 5.99. The fraction of sp³-hybridized carbons (Fsp3) is 0.345. The number of fused-ring (bicyclic) bond motifs is 3. The van der Waals surface area contributed by atoms with E-state index in [9.17, 15) is 23.6 Å². The van der Waals surface area contributed by atoms with E-state index in [1.165, 1.54) is 16.8 Å². The Bertz CT molecular complexity index is 1570. The Kier molecular flexibility index (Phi) is 6.16. The van der Waals surface area contributed by atoms with Crippen LogP contribution >= 0.6 is 0 Å². The van der Waals surface area contributed by atoms with E-state index in [2.05, 4.69) is 5.10 Å². The van der Waals surface area contributed by atoms with Crippen LogP contribution < -0.4 is 5.73 Å². The first-order valence-electron chi connectivity index (χ1n) is 13.2. The number of aryl methyl sites for hydroxylation is 2. The number of aromatic nitrogens is 2. The van der Waals surface area contributed by atoms with E-state index in [4.69, 9.17) is 10.5 Å². The van der Waals surface area contributed by atoms with Gasteiger partial charge in [0.1, 0.15) is 18.9 Å². The summed E-state index contributed by atoms with van der Waals surface area (Å²) in [6.45, 7) is 1.73. The first-order chi connectivity index (χ1) is 19.1. The zero-order chi connectivity index (χ0) is 28.2. The van der Waals surface area contributed by atoms with Gasteiger partial charge in [-0.25, -0.2) is 14.1 Å². The van der Waals surface area contributed by atoms with Crippen molar-refractivity contribution in [2.75, 3.05) is 6.54 Å². The van der Waals surface area contributed by atoms with Crippen molar-refractivity contribution in [2.45, 2.75) is 57.3 Å². The molecule has 3 aromatic rings. The second-order valence-electron chi connectivity index (χ2n) is 10.7. The van der Waals surface area contributed by atoms with Crippen LogP contribution in [-0.4, -0.2) is 56.0 Å². The Morgan fingerprint density at radius 3 is 2.70 bits per heavy atom. The SMILES string of the molecule is C[C@@H]1CCc2cc(F)ccc2CN1C(=O)CN1C(=O)OC2(CCc3cc(-c4cnn(CC(N)=O)c4)ccc32)C1=O. The molecule has 40 heavy (non-hydrogen) atoms. The van der Waals surface area contributed by atoms with E-state index in [0.717, 1.165) is 32.7 Å². The van der Waals surface area contributed by atoms with Crippen molar-refractivity contribution in [3.63, 3.8) is 0 Å². The van der Waals surface area contributed by atoms with Gasteiger partial charge < -0.3 is 15.4 Å². The number of hydrogen-bond acceptors (Lipinski definition) is 6. The van der Waals surface area contributed by atoms with Gasteiger partial charge in [0.25, 0.3) is 5.91 Å². The molecule has 6 rings (SSSR count). The van der Waals surface area contributed by atoms with Gasteiger partial charge in [-0.2, -0.15) is 5.10 Å². The molecule has 206 valence electrons. The standard InChI is InChI=1S/C29H28FN5O5/c1-17-2-3-19-11-23(30)6-4-21(19)14-34(17)26(37)16-35-27(38)29(40-28(35)39)9-8-20-10-18(5-7-24(20)29)22-12-32-33(13-22)15-25(31)36/h4-7,10-13,17H,2-3,8-9,14-16H2,1H3,(H2,31,36)/t17-,29?/m1/s1. The van der Waals surface area contributed by atoms with Gasteiger partial charge in [0.2, 0.25) is 17.4 Å². The maximum absolute atomic E-state index is 13.7. The molecular formula is C29H28FN5O5. The lowest BCUT2D eigenvalue weighted by molar-refractivity contribution is -0.143. The highest BCUT2D eigenvalue weighted by Crippen LogP contribution is 2.46. The third-order valence-electron chi connectivity index (χ3n) is 8.13. The van der Waals surface area contributed by atoms with Crippen LogP contribution in [0, 0.1) is 5.82 Å². The van der Waals surface area contributed by atoms with E-state index in [1.54, 1.807) is 29.4 Å². The number of imide groups is 1. The van der Waals surface area contributed by atoms with Crippen LogP contribution in [0.3, 0.4) is 0 Å². The number of ether oxygens (including phenoxy) is 1. The molecule has 1 spiro atoms. The minimum absolute atomic E-state index is 0.0334. The molecule has 0 saturated carbocycles. The molecule has 11 heteroatoms. The van der Waals surface area contributed by atoms with Crippen molar-refractivity contribution in [3.05, 3.63) is 76.9 Å². The molecule has 1 unspecified atom stereocenters. The largest absolute Gasteiger partial charge is 0.427 e. The monoisotopic (exact) mass is 545 g/mol. The summed E-state index contributed by atoms with van der Waals surface area (Å²) >= 11 is 0. The van der Waals surface area contributed by atoms with Gasteiger partial charge in [-0.05, 0) is 60.6 Å². The predicted molar refractivity (Wildman–Crippen MR) is 140 cm³/mol. The van der Waals surface area contributed by atoms with Crippen molar-refractivity contribution in [1.29, 1.82) is 0 Å². The van der Waals surface area contributed by atoms with E-state index in [0.29, 0.717) is 24.8 Å². The predicted octanol–water partition coefficient (Wildman–Crippen LogP) is 2.66. The van der Waals surface area contributed by atoms with Crippen molar-refractivity contribution in [3.8, 4) is 11.1 Å². The van der Waals surface area contributed by atoms with Crippen LogP contribution in [0.4, 0.5) is 9.18 Å². The van der Waals surface area contributed by atoms with Crippen LogP contribution in [0.2, 0.25) is 0 Å². The smallest absolute Gasteiger partial charge is 0.418 e. The molecule has 2 aromatic carbocycles. The summed E-state index contributed by atoms with van der Waals surface area (Å²) in [7, 11) is 0. The molecule has 3 heterocycles. The Balaban J connectivity index is 1.21. The van der Waals surface area contributed by atoms with Crippen molar-refractivity contribution < 1.29 is 28.3 Å². The van der Waals surface area contributed by atoms with Gasteiger partial charge in [-0.3, -0.25) is 19.1 Å². The van der Waals surface area contributed by atoms with Crippen LogP contribution in [0.15, 0.2) is 48.8 Å². The highest BCUT2D eigenvalue weighted by molar-refractivity contribution is 6.06. The maximum atomic E-state index is 13.7. The molecule has 4 amide bonds. The zero-order valence-corrected chi connectivity index (χ0v) is 21.9. The van der Waals surface area contributed by atoms with Gasteiger partial charge in [0, 0.05) is 36.3 Å². The maximum Gasteiger partial charge on any atom is 0.418 e. The fourth-order valence-corrected chi connectivity index (χ4v) is 5.99. The van der Waals surface area contributed by atoms with Crippen LogP contribution in [0.25, 0.3) is 11.1 Å². The molecule has 0 radical (unpaired) electrons. The molecule has 1 aromatic heterocycles. The Labute approximate surface area is 229 Å². The average molecular weight is 546 g/mol. The molecule has 0 bridgehead atoms. The lowest BCUT2D eigenvalue weighted by Crippen LogP contribution is -2.46. The first kappa shape index (κ1) is 25.7. The second-order valence-corrected chi connectivity index (χ2v) is 10.7. The number of rotatable bonds is 5. The third-order valence-corrected chi connectivity index (χ3v) is 8.13. The summed E-state index contributed by atoms with van der Waals surface area (Å²) in [5, 5.41) is 4.16. The zero-order valence-electron chi connectivity index (χ0n) is 21.9. The number of benzene rings is 2. The van der Waals surface area contributed by atoms with Gasteiger partial charge in [0.05, 0.1) is 6.20 Å². The number of nitrogens with two attached hydrogens (primary N) is 1. The molecular weight excluding hydrogens is 517 g/mol.